The van der Waals surface area contributed by atoms with Gasteiger partial charge < -0.3 is 24.3 Å². The van der Waals surface area contributed by atoms with Gasteiger partial charge in [-0.25, -0.2) is 4.79 Å². The second-order valence-corrected chi connectivity index (χ2v) is 6.14. The average Bonchev–Trinajstić information content (AvgIpc) is 3.12. The van der Waals surface area contributed by atoms with Crippen molar-refractivity contribution >= 4 is 11.9 Å². The first-order valence-electron chi connectivity index (χ1n) is 8.56. The third-order valence-electron chi connectivity index (χ3n) is 3.93. The molecular formula is C20H21NO6. The van der Waals surface area contributed by atoms with E-state index in [1.165, 1.54) is 6.92 Å². The molecule has 142 valence electrons. The molecule has 0 fully saturated rings. The van der Waals surface area contributed by atoms with Crippen LogP contribution in [0.1, 0.15) is 18.1 Å². The molecule has 0 spiro atoms. The Bertz CT molecular complexity index is 835. The van der Waals surface area contributed by atoms with Crippen LogP contribution < -0.4 is 19.5 Å². The van der Waals surface area contributed by atoms with Gasteiger partial charge in [-0.2, -0.15) is 0 Å². The fraction of sp³-hybridized carbons (Fsp3) is 0.300. The molecule has 0 aliphatic carbocycles. The van der Waals surface area contributed by atoms with Crippen LogP contribution in [0.15, 0.2) is 42.5 Å². The number of fused-ring (bicyclic) bond motifs is 1. The van der Waals surface area contributed by atoms with Gasteiger partial charge in [0.05, 0.1) is 0 Å². The van der Waals surface area contributed by atoms with Gasteiger partial charge in [0.15, 0.2) is 24.2 Å². The standard InChI is InChI=1S/C20H21NO6/c1-13-4-3-5-16(8-13)24-11-19(22)27-14(2)20(23)21-10-15-6-7-17-18(9-15)26-12-25-17/h3-9,14H,10-12H2,1-2H3,(H,21,23)/t14-/m0/s1. The maximum absolute atomic E-state index is 12.1. The molecule has 0 saturated heterocycles. The van der Waals surface area contributed by atoms with Crippen molar-refractivity contribution in [2.75, 3.05) is 13.4 Å². The molecule has 0 bridgehead atoms. The number of hydrogen-bond acceptors (Lipinski definition) is 6. The number of esters is 1. The van der Waals surface area contributed by atoms with Gasteiger partial charge in [-0.05, 0) is 49.2 Å². The fourth-order valence-corrected chi connectivity index (χ4v) is 2.52. The lowest BCUT2D eigenvalue weighted by Gasteiger charge is -2.14. The number of ether oxygens (including phenoxy) is 4. The van der Waals surface area contributed by atoms with Gasteiger partial charge in [-0.3, -0.25) is 4.79 Å². The minimum atomic E-state index is -0.923. The van der Waals surface area contributed by atoms with Crippen LogP contribution in [-0.4, -0.2) is 31.4 Å². The average molecular weight is 371 g/mol. The molecule has 1 aliphatic rings. The molecule has 3 rings (SSSR count). The summed E-state index contributed by atoms with van der Waals surface area (Å²) in [6.07, 6.45) is -0.923. The van der Waals surface area contributed by atoms with E-state index in [0.29, 0.717) is 17.2 Å². The summed E-state index contributed by atoms with van der Waals surface area (Å²) in [7, 11) is 0. The summed E-state index contributed by atoms with van der Waals surface area (Å²) >= 11 is 0. The van der Waals surface area contributed by atoms with Gasteiger partial charge in [-0.1, -0.05) is 18.2 Å². The van der Waals surface area contributed by atoms with Crippen LogP contribution in [0, 0.1) is 6.92 Å². The number of hydrogen-bond donors (Lipinski definition) is 1. The zero-order valence-corrected chi connectivity index (χ0v) is 15.2. The Morgan fingerprint density at radius 1 is 1.15 bits per heavy atom. The van der Waals surface area contributed by atoms with Crippen LogP contribution >= 0.6 is 0 Å². The molecule has 27 heavy (non-hydrogen) atoms. The monoisotopic (exact) mass is 371 g/mol. The quantitative estimate of drug-likeness (QED) is 0.753. The van der Waals surface area contributed by atoms with E-state index in [9.17, 15) is 9.59 Å². The first-order chi connectivity index (χ1) is 13.0. The summed E-state index contributed by atoms with van der Waals surface area (Å²) in [5, 5.41) is 2.72. The second-order valence-electron chi connectivity index (χ2n) is 6.14. The van der Waals surface area contributed by atoms with Crippen molar-refractivity contribution in [3.63, 3.8) is 0 Å². The zero-order valence-electron chi connectivity index (χ0n) is 15.2. The Morgan fingerprint density at radius 3 is 2.78 bits per heavy atom. The van der Waals surface area contributed by atoms with Crippen molar-refractivity contribution in [1.82, 2.24) is 5.32 Å². The highest BCUT2D eigenvalue weighted by Gasteiger charge is 2.19. The fourth-order valence-electron chi connectivity index (χ4n) is 2.52. The van der Waals surface area contributed by atoms with Crippen LogP contribution in [0.3, 0.4) is 0 Å². The number of benzene rings is 2. The van der Waals surface area contributed by atoms with E-state index in [2.05, 4.69) is 5.32 Å². The Hall–Kier alpha value is -3.22. The minimum absolute atomic E-state index is 0.197. The third kappa shape index (κ3) is 5.13. The molecule has 0 radical (unpaired) electrons. The molecule has 2 aromatic carbocycles. The van der Waals surface area contributed by atoms with E-state index in [1.54, 1.807) is 18.2 Å². The summed E-state index contributed by atoms with van der Waals surface area (Å²) < 4.78 is 21.0. The van der Waals surface area contributed by atoms with Crippen molar-refractivity contribution in [3.8, 4) is 17.2 Å². The number of carbonyl (C=O) groups is 2. The Kier molecular flexibility index (Phi) is 5.80. The van der Waals surface area contributed by atoms with Crippen LogP contribution in [0.25, 0.3) is 0 Å². The van der Waals surface area contributed by atoms with E-state index in [4.69, 9.17) is 18.9 Å². The number of aryl methyl sites for hydroxylation is 1. The molecule has 1 heterocycles. The molecule has 2 aromatic rings. The minimum Gasteiger partial charge on any atom is -0.482 e. The van der Waals surface area contributed by atoms with Crippen molar-refractivity contribution in [2.45, 2.75) is 26.5 Å². The van der Waals surface area contributed by atoms with E-state index >= 15 is 0 Å². The Balaban J connectivity index is 1.42. The predicted molar refractivity (Wildman–Crippen MR) is 96.6 cm³/mol. The summed E-state index contributed by atoms with van der Waals surface area (Å²) in [5.74, 6) is 0.904. The molecule has 1 N–H and O–H groups in total. The highest BCUT2D eigenvalue weighted by atomic mass is 16.7. The first kappa shape index (κ1) is 18.6. The summed E-state index contributed by atoms with van der Waals surface area (Å²) in [5.41, 5.74) is 1.88. The third-order valence-corrected chi connectivity index (χ3v) is 3.93. The molecular weight excluding hydrogens is 350 g/mol. The Morgan fingerprint density at radius 2 is 1.96 bits per heavy atom. The van der Waals surface area contributed by atoms with Gasteiger partial charge in [0, 0.05) is 6.54 Å². The molecule has 7 nitrogen and oxygen atoms in total. The molecule has 0 unspecified atom stereocenters. The largest absolute Gasteiger partial charge is 0.482 e. The normalized spacial score (nSPS) is 13.0. The van der Waals surface area contributed by atoms with Gasteiger partial charge in [0.2, 0.25) is 6.79 Å². The van der Waals surface area contributed by atoms with Crippen LogP contribution in [-0.2, 0) is 20.9 Å². The molecule has 1 atom stereocenters. The maximum atomic E-state index is 12.1. The van der Waals surface area contributed by atoms with Gasteiger partial charge in [-0.15, -0.1) is 0 Å². The molecule has 1 amide bonds. The molecule has 0 saturated carbocycles. The number of carbonyl (C=O) groups excluding carboxylic acids is 2. The van der Waals surface area contributed by atoms with Crippen molar-refractivity contribution < 1.29 is 28.5 Å². The highest BCUT2D eigenvalue weighted by Crippen LogP contribution is 2.32. The highest BCUT2D eigenvalue weighted by molar-refractivity contribution is 5.83. The SMILES string of the molecule is Cc1cccc(OCC(=O)O[C@@H](C)C(=O)NCc2ccc3c(c2)OCO3)c1. The molecule has 1 aliphatic heterocycles. The zero-order chi connectivity index (χ0) is 19.2. The molecule has 0 aromatic heterocycles. The van der Waals surface area contributed by atoms with Crippen molar-refractivity contribution in [3.05, 3.63) is 53.6 Å². The van der Waals surface area contributed by atoms with Crippen LogP contribution in [0.4, 0.5) is 0 Å². The maximum Gasteiger partial charge on any atom is 0.344 e. The van der Waals surface area contributed by atoms with Crippen LogP contribution in [0.5, 0.6) is 17.2 Å². The van der Waals surface area contributed by atoms with E-state index in [0.717, 1.165) is 11.1 Å². The molecule has 7 heteroatoms. The summed E-state index contributed by atoms with van der Waals surface area (Å²) in [6, 6.07) is 12.8. The topological polar surface area (TPSA) is 83.1 Å². The van der Waals surface area contributed by atoms with Crippen molar-refractivity contribution in [1.29, 1.82) is 0 Å². The lowest BCUT2D eigenvalue weighted by Crippen LogP contribution is -2.36. The Labute approximate surface area is 157 Å². The second kappa shape index (κ2) is 8.44. The lowest BCUT2D eigenvalue weighted by atomic mass is 10.2. The number of rotatable bonds is 7. The van der Waals surface area contributed by atoms with Gasteiger partial charge in [0.25, 0.3) is 5.91 Å². The van der Waals surface area contributed by atoms with E-state index < -0.39 is 18.0 Å². The number of nitrogens with one attached hydrogen (secondary N) is 1. The number of amides is 1. The smallest absolute Gasteiger partial charge is 0.344 e. The van der Waals surface area contributed by atoms with Crippen LogP contribution in [0.2, 0.25) is 0 Å². The van der Waals surface area contributed by atoms with Crippen molar-refractivity contribution in [2.24, 2.45) is 0 Å². The first-order valence-corrected chi connectivity index (χ1v) is 8.56. The summed E-state index contributed by atoms with van der Waals surface area (Å²) in [4.78, 5) is 24.0. The lowest BCUT2D eigenvalue weighted by molar-refractivity contribution is -0.156. The summed E-state index contributed by atoms with van der Waals surface area (Å²) in [6.45, 7) is 3.67. The van der Waals surface area contributed by atoms with E-state index in [1.807, 2.05) is 31.2 Å². The van der Waals surface area contributed by atoms with Gasteiger partial charge >= 0.3 is 5.97 Å². The predicted octanol–water partition coefficient (Wildman–Crippen LogP) is 2.35. The van der Waals surface area contributed by atoms with Gasteiger partial charge in [0.1, 0.15) is 5.75 Å². The van der Waals surface area contributed by atoms with E-state index in [-0.39, 0.29) is 19.9 Å².